The zero-order valence-corrected chi connectivity index (χ0v) is 14.6. The number of rotatable bonds is 7. The molecule has 0 saturated carbocycles. The number of sulfonamides is 1. The van der Waals surface area contributed by atoms with Crippen molar-refractivity contribution in [2.75, 3.05) is 13.1 Å². The molecule has 0 aromatic carbocycles. The lowest BCUT2D eigenvalue weighted by Gasteiger charge is -2.18. The first-order valence-corrected chi connectivity index (χ1v) is 9.22. The first-order valence-electron chi connectivity index (χ1n) is 6.92. The minimum absolute atomic E-state index is 0.0612. The van der Waals surface area contributed by atoms with Gasteiger partial charge < -0.3 is 5.32 Å². The van der Waals surface area contributed by atoms with Gasteiger partial charge in [-0.1, -0.05) is 34.6 Å². The van der Waals surface area contributed by atoms with Crippen molar-refractivity contribution >= 4 is 21.4 Å². The van der Waals surface area contributed by atoms with Crippen molar-refractivity contribution in [3.8, 4) is 0 Å². The highest BCUT2D eigenvalue weighted by atomic mass is 32.2. The first-order chi connectivity index (χ1) is 9.10. The van der Waals surface area contributed by atoms with Crippen LogP contribution in [0.15, 0.2) is 16.3 Å². The SMILES string of the molecule is CC(C)NCCc1ccc(S(=O)(=O)NCC(C)(C)C)s1. The summed E-state index contributed by atoms with van der Waals surface area (Å²) < 4.78 is 27.4. The van der Waals surface area contributed by atoms with Crippen LogP contribution in [0.25, 0.3) is 0 Å². The number of hydrogen-bond acceptors (Lipinski definition) is 4. The molecule has 0 aliphatic heterocycles. The second-order valence-electron chi connectivity index (χ2n) is 6.46. The summed E-state index contributed by atoms with van der Waals surface area (Å²) in [5.41, 5.74) is -0.0612. The van der Waals surface area contributed by atoms with Gasteiger partial charge in [0.25, 0.3) is 0 Å². The van der Waals surface area contributed by atoms with E-state index in [2.05, 4.69) is 23.9 Å². The molecular weight excluding hydrogens is 292 g/mol. The van der Waals surface area contributed by atoms with Crippen LogP contribution in [0, 0.1) is 5.41 Å². The normalized spacial score (nSPS) is 13.1. The standard InChI is InChI=1S/C14H26N2O2S2/c1-11(2)15-9-8-12-6-7-13(19-12)20(17,18)16-10-14(3,4)5/h6-7,11,15-16H,8-10H2,1-5H3. The molecule has 0 bridgehead atoms. The summed E-state index contributed by atoms with van der Waals surface area (Å²) in [5.74, 6) is 0. The predicted octanol–water partition coefficient (Wildman–Crippen LogP) is 2.61. The second-order valence-corrected chi connectivity index (χ2v) is 9.63. The van der Waals surface area contributed by atoms with E-state index in [0.717, 1.165) is 17.8 Å². The lowest BCUT2D eigenvalue weighted by molar-refractivity contribution is 0.408. The van der Waals surface area contributed by atoms with Crippen molar-refractivity contribution in [3.63, 3.8) is 0 Å². The smallest absolute Gasteiger partial charge is 0.250 e. The molecule has 1 heterocycles. The molecule has 2 N–H and O–H groups in total. The monoisotopic (exact) mass is 318 g/mol. The van der Waals surface area contributed by atoms with E-state index in [4.69, 9.17) is 0 Å². The van der Waals surface area contributed by atoms with Gasteiger partial charge in [0.05, 0.1) is 0 Å². The van der Waals surface area contributed by atoms with Crippen LogP contribution < -0.4 is 10.0 Å². The maximum absolute atomic E-state index is 12.2. The minimum atomic E-state index is -3.37. The molecule has 0 amide bonds. The number of hydrogen-bond donors (Lipinski definition) is 2. The van der Waals surface area contributed by atoms with Gasteiger partial charge in [-0.2, -0.15) is 0 Å². The first kappa shape index (κ1) is 17.6. The van der Waals surface area contributed by atoms with E-state index in [0.29, 0.717) is 16.8 Å². The van der Waals surface area contributed by atoms with Crippen LogP contribution >= 0.6 is 11.3 Å². The molecule has 0 aliphatic carbocycles. The molecule has 0 fully saturated rings. The van der Waals surface area contributed by atoms with E-state index in [9.17, 15) is 8.42 Å². The Morgan fingerprint density at radius 1 is 1.25 bits per heavy atom. The molecule has 0 aliphatic rings. The Morgan fingerprint density at radius 2 is 1.90 bits per heavy atom. The third-order valence-electron chi connectivity index (χ3n) is 2.62. The Bertz CT molecular complexity index is 514. The molecule has 1 aromatic heterocycles. The molecular formula is C14H26N2O2S2. The summed E-state index contributed by atoms with van der Waals surface area (Å²) >= 11 is 1.35. The van der Waals surface area contributed by atoms with Gasteiger partial charge in [0, 0.05) is 24.0 Å². The Balaban J connectivity index is 2.61. The molecule has 1 rings (SSSR count). The molecule has 0 atom stereocenters. The van der Waals surface area contributed by atoms with Crippen LogP contribution in [0.2, 0.25) is 0 Å². The Labute approximate surface area is 127 Å². The summed E-state index contributed by atoms with van der Waals surface area (Å²) in [6.07, 6.45) is 0.859. The van der Waals surface area contributed by atoms with Crippen LogP contribution in [0.5, 0.6) is 0 Å². The van der Waals surface area contributed by atoms with Gasteiger partial charge in [-0.25, -0.2) is 13.1 Å². The van der Waals surface area contributed by atoms with Crippen molar-refractivity contribution in [3.05, 3.63) is 17.0 Å². The Morgan fingerprint density at radius 3 is 2.45 bits per heavy atom. The second kappa shape index (κ2) is 7.02. The zero-order valence-electron chi connectivity index (χ0n) is 13.0. The maximum Gasteiger partial charge on any atom is 0.250 e. The van der Waals surface area contributed by atoms with Crippen LogP contribution in [0.3, 0.4) is 0 Å². The third kappa shape index (κ3) is 6.35. The molecule has 1 aromatic rings. The summed E-state index contributed by atoms with van der Waals surface area (Å²) in [7, 11) is -3.37. The summed E-state index contributed by atoms with van der Waals surface area (Å²) in [5, 5.41) is 3.33. The van der Waals surface area contributed by atoms with E-state index in [1.54, 1.807) is 6.07 Å². The molecule has 0 radical (unpaired) electrons. The average molecular weight is 319 g/mol. The predicted molar refractivity (Wildman–Crippen MR) is 85.8 cm³/mol. The van der Waals surface area contributed by atoms with Gasteiger partial charge >= 0.3 is 0 Å². The molecule has 6 heteroatoms. The Kier molecular flexibility index (Phi) is 6.19. The van der Waals surface area contributed by atoms with Crippen LogP contribution in [0.1, 0.15) is 39.5 Å². The van der Waals surface area contributed by atoms with Crippen molar-refractivity contribution < 1.29 is 8.42 Å². The fourth-order valence-corrected chi connectivity index (χ4v) is 4.19. The zero-order chi connectivity index (χ0) is 15.4. The van der Waals surface area contributed by atoms with Gasteiger partial charge in [0.1, 0.15) is 4.21 Å². The lowest BCUT2D eigenvalue weighted by atomic mass is 9.98. The van der Waals surface area contributed by atoms with Gasteiger partial charge in [-0.05, 0) is 24.0 Å². The van der Waals surface area contributed by atoms with Crippen molar-refractivity contribution in [2.45, 2.75) is 51.3 Å². The van der Waals surface area contributed by atoms with Gasteiger partial charge in [0.2, 0.25) is 10.0 Å². The molecule has 0 spiro atoms. The summed E-state index contributed by atoms with van der Waals surface area (Å²) in [6, 6.07) is 4.05. The minimum Gasteiger partial charge on any atom is -0.314 e. The fraction of sp³-hybridized carbons (Fsp3) is 0.714. The van der Waals surface area contributed by atoms with E-state index >= 15 is 0 Å². The highest BCUT2D eigenvalue weighted by Crippen LogP contribution is 2.22. The maximum atomic E-state index is 12.2. The average Bonchev–Trinajstić information content (AvgIpc) is 2.75. The van der Waals surface area contributed by atoms with Crippen LogP contribution in [0.4, 0.5) is 0 Å². The van der Waals surface area contributed by atoms with E-state index in [-0.39, 0.29) is 5.41 Å². The van der Waals surface area contributed by atoms with E-state index < -0.39 is 10.0 Å². The number of nitrogens with one attached hydrogen (secondary N) is 2. The highest BCUT2D eigenvalue weighted by molar-refractivity contribution is 7.91. The summed E-state index contributed by atoms with van der Waals surface area (Å²) in [4.78, 5) is 1.09. The van der Waals surface area contributed by atoms with E-state index in [1.165, 1.54) is 11.3 Å². The number of thiophene rings is 1. The molecule has 0 unspecified atom stereocenters. The quantitative estimate of drug-likeness (QED) is 0.812. The molecule has 20 heavy (non-hydrogen) atoms. The van der Waals surface area contributed by atoms with Gasteiger partial charge in [0.15, 0.2) is 0 Å². The molecule has 0 saturated heterocycles. The Hall–Kier alpha value is -0.430. The van der Waals surface area contributed by atoms with Crippen LogP contribution in [-0.2, 0) is 16.4 Å². The van der Waals surface area contributed by atoms with Gasteiger partial charge in [-0.3, -0.25) is 0 Å². The van der Waals surface area contributed by atoms with Crippen molar-refractivity contribution in [2.24, 2.45) is 5.41 Å². The lowest BCUT2D eigenvalue weighted by Crippen LogP contribution is -2.31. The van der Waals surface area contributed by atoms with E-state index in [1.807, 2.05) is 26.8 Å². The van der Waals surface area contributed by atoms with Crippen LogP contribution in [-0.4, -0.2) is 27.5 Å². The topological polar surface area (TPSA) is 58.2 Å². The van der Waals surface area contributed by atoms with Crippen molar-refractivity contribution in [1.29, 1.82) is 0 Å². The molecule has 4 nitrogen and oxygen atoms in total. The largest absolute Gasteiger partial charge is 0.314 e. The fourth-order valence-electron chi connectivity index (χ4n) is 1.50. The van der Waals surface area contributed by atoms with Crippen molar-refractivity contribution in [1.82, 2.24) is 10.0 Å². The summed E-state index contributed by atoms with van der Waals surface area (Å²) in [6.45, 7) is 11.5. The highest BCUT2D eigenvalue weighted by Gasteiger charge is 2.20. The van der Waals surface area contributed by atoms with Gasteiger partial charge in [-0.15, -0.1) is 11.3 Å². The molecule has 116 valence electrons. The third-order valence-corrected chi connectivity index (χ3v) is 5.66.